The van der Waals surface area contributed by atoms with E-state index in [0.717, 1.165) is 0 Å². The second kappa shape index (κ2) is 77.0. The largest absolute Gasteiger partial charge is 1.00 e. The predicted octanol–water partition coefficient (Wildman–Crippen LogP) is -27.3. The Kier molecular flexibility index (Phi) is 80.9. The average molecular weight is 2450 g/mol. The number of rotatable bonds is 56. The van der Waals surface area contributed by atoms with Crippen molar-refractivity contribution in [3.63, 3.8) is 0 Å². The molecule has 21 fully saturated rings. The molecule has 0 saturated carbocycles. The van der Waals surface area contributed by atoms with Crippen LogP contribution in [0.5, 0.6) is 0 Å². The van der Waals surface area contributed by atoms with Crippen LogP contribution in [0.3, 0.4) is 0 Å². The molecule has 0 N–H and O–H groups in total. The van der Waals surface area contributed by atoms with Crippen molar-refractivity contribution in [2.24, 2.45) is 0 Å². The molecular weight excluding hydrogens is 2320 g/mol. The Bertz CT molecular complexity index is 3680. The van der Waals surface area contributed by atoms with Crippen LogP contribution < -0.4 is 360 Å². The van der Waals surface area contributed by atoms with E-state index in [4.69, 9.17) is 166 Å². The van der Waals surface area contributed by atoms with E-state index in [9.17, 15) is 90.8 Å². The van der Waals surface area contributed by atoms with Gasteiger partial charge in [0.2, 0.25) is 0 Å². The van der Waals surface area contributed by atoms with Crippen LogP contribution in [0.2, 0.25) is 0 Å². The summed E-state index contributed by atoms with van der Waals surface area (Å²) in [7, 11) is -16.4. The molecule has 35 atom stereocenters. The Hall–Kier alpha value is 9.42. The van der Waals surface area contributed by atoms with Gasteiger partial charge in [-0.1, -0.05) is 0 Å². The molecule has 0 aromatic carbocycles. The first-order valence-electron chi connectivity index (χ1n) is 44.4. The van der Waals surface area contributed by atoms with Crippen molar-refractivity contribution in [1.82, 2.24) is 0 Å². The van der Waals surface area contributed by atoms with Crippen molar-refractivity contribution in [1.29, 1.82) is 0 Å². The third-order valence-electron chi connectivity index (χ3n) is 23.7. The zero-order valence-electron chi connectivity index (χ0n) is 86.7. The fraction of sp³-hybridized carbons (Fsp3) is 1.00. The van der Waals surface area contributed by atoms with Crippen LogP contribution in [0.4, 0.5) is 0 Å². The third kappa shape index (κ3) is 50.8. The Labute approximate surface area is 1160 Å². The quantitative estimate of drug-likeness (QED) is 0.0310. The van der Waals surface area contributed by atoms with Gasteiger partial charge in [0.15, 0.2) is 44.0 Å². The minimum atomic E-state index is -4.82. The molecule has 0 unspecified atom stereocenters. The van der Waals surface area contributed by atoms with Gasteiger partial charge in [0.25, 0.3) is 0 Å². The van der Waals surface area contributed by atoms with E-state index >= 15 is 0 Å². The van der Waals surface area contributed by atoms with Gasteiger partial charge in [-0.2, -0.15) is 0 Å². The van der Waals surface area contributed by atoms with E-state index in [2.05, 4.69) is 0 Å². The summed E-state index contributed by atoms with van der Waals surface area (Å²) in [6.45, 7) is -7.08. The summed E-state index contributed by atoms with van der Waals surface area (Å²) >= 11 is 0. The minimum Gasteiger partial charge on any atom is -0.748 e. The summed E-state index contributed by atoms with van der Waals surface area (Å²) in [5.41, 5.74) is 0. The van der Waals surface area contributed by atoms with Crippen LogP contribution in [-0.2, 0) is 237 Å². The Balaban J connectivity index is 0.0000154. The van der Waals surface area contributed by atoms with Crippen molar-refractivity contribution in [3.05, 3.63) is 0 Å². The Morgan fingerprint density at radius 1 is 0.163 bits per heavy atom. The molecule has 21 rings (SSSR count). The van der Waals surface area contributed by atoms with E-state index in [1.54, 1.807) is 0 Å². The second-order valence-corrected chi connectivity index (χ2v) is 43.8. The molecule has 0 spiro atoms. The van der Waals surface area contributed by atoms with E-state index in [1.807, 2.05) is 0 Å². The molecule has 21 aliphatic heterocycles. The predicted molar refractivity (Wildman–Crippen MR) is 456 cm³/mol. The molecule has 0 radical (unpaired) electrons. The summed E-state index contributed by atoms with van der Waals surface area (Å²) < 4.78 is 479. The van der Waals surface area contributed by atoms with Crippen LogP contribution in [0.15, 0.2) is 0 Å². The molecule has 56 nitrogen and oxygen atoms in total. The standard InChI is InChI=1S/C77H140O56S7.7K/c1-99-57-50-43(36-113-22-15-29-134(78,79)80)120-71(64(57)106-8)128-51-44(37-114-23-16-30-135(81,82)83)122-73(66(108-10)58(51)100-2)130-53-46(39-116-25-18-32-137(87,88)89)124-75(68(110-12)60(53)102-4)132-55-48(41-118-27-20-34-139(93,94)95)126-77(70(112-14)62(55)104-6)133-56-49(42-119-28-21-35-140(96,97)98)125-76(69(111-13)63(56)105-7)131-54-47(40-117-26-19-33-138(90,91)92)123-74(67(109-11)61(54)103-5)129-52-45(38-115-24-17-31-136(84,85)86)121-72(127-50)65(107-9)59(52)101-3;;;;;;;/h43-77H,15-42H2,1-14H3,(H,78,79,80)(H,81,82,83)(H,84,85,86)(H,87,88,89)(H,90,91,92)(H,93,94,95)(H,96,97,98);;;;;;;/q;7*+1/p-7/t43-,44-,45-,46-,47-,48-,49-,50-,51-,52-,53-,54-,55-,56-,57+,58+,59+,60+,61+,62+,63+,64-,65-,66-,67-,68-,69-,70+,71-,72-,73-,74-,75-,76-,77-;;;;;;;/m0......./s1. The molecule has 70 heteroatoms. The summed E-state index contributed by atoms with van der Waals surface area (Å²) in [6, 6.07) is 0. The van der Waals surface area contributed by atoms with Crippen molar-refractivity contribution in [2.45, 2.75) is 260 Å². The number of hydrogen-bond donors (Lipinski definition) is 0. The first kappa shape index (κ1) is 154. The van der Waals surface area contributed by atoms with E-state index in [0.29, 0.717) is 0 Å². The fourth-order valence-corrected chi connectivity index (χ4v) is 20.8. The van der Waals surface area contributed by atoms with Gasteiger partial charge in [-0.15, -0.1) is 0 Å². The van der Waals surface area contributed by atoms with Crippen molar-refractivity contribution < 1.29 is 616 Å². The molecule has 21 saturated heterocycles. The molecule has 0 amide bonds. The molecule has 21 heterocycles. The molecular formula is C77H133K7O56S7. The zero-order valence-corrected chi connectivity index (χ0v) is 114. The second-order valence-electron chi connectivity index (χ2n) is 33.1. The molecule has 826 valence electrons. The molecule has 0 aromatic rings. The van der Waals surface area contributed by atoms with Gasteiger partial charge in [-0.25, -0.2) is 58.9 Å². The smallest absolute Gasteiger partial charge is 0.748 e. The summed E-state index contributed by atoms with van der Waals surface area (Å²) in [5.74, 6) is -6.19. The van der Waals surface area contributed by atoms with Crippen molar-refractivity contribution >= 4 is 70.8 Å². The monoisotopic (exact) mass is 2450 g/mol. The molecule has 14 bridgehead atoms. The van der Waals surface area contributed by atoms with Gasteiger partial charge in [-0.3, -0.25) is 0 Å². The van der Waals surface area contributed by atoms with Gasteiger partial charge in [0, 0.05) is 186 Å². The Morgan fingerprint density at radius 3 is 0.340 bits per heavy atom. The number of hydrogen-bond acceptors (Lipinski definition) is 56. The first-order valence-corrected chi connectivity index (χ1v) is 55.4. The van der Waals surface area contributed by atoms with E-state index in [1.165, 1.54) is 99.5 Å². The van der Waals surface area contributed by atoms with E-state index < -0.39 is 419 Å². The van der Waals surface area contributed by atoms with Gasteiger partial charge >= 0.3 is 360 Å². The third-order valence-corrected chi connectivity index (χ3v) is 29.3. The summed E-state index contributed by atoms with van der Waals surface area (Å²) in [5, 5.41) is 0. The maximum absolute atomic E-state index is 12.0. The van der Waals surface area contributed by atoms with E-state index in [-0.39, 0.29) is 405 Å². The topological polar surface area (TPSA) is 723 Å². The van der Waals surface area contributed by atoms with Gasteiger partial charge < -0.3 is 198 Å². The average Bonchev–Trinajstić information content (AvgIpc) is 0.923. The van der Waals surface area contributed by atoms with Crippen LogP contribution in [0.25, 0.3) is 0 Å². The Morgan fingerprint density at radius 2 is 0.259 bits per heavy atom. The zero-order chi connectivity index (χ0) is 103. The summed E-state index contributed by atoms with van der Waals surface area (Å²) in [4.78, 5) is 0. The molecule has 21 aliphatic rings. The first-order chi connectivity index (χ1) is 66.2. The van der Waals surface area contributed by atoms with Gasteiger partial charge in [-0.05, 0) is 44.9 Å². The molecule has 147 heavy (non-hydrogen) atoms. The van der Waals surface area contributed by atoms with Crippen molar-refractivity contribution in [3.8, 4) is 0 Å². The van der Waals surface area contributed by atoms with Gasteiger partial charge in [0.1, 0.15) is 171 Å². The van der Waals surface area contributed by atoms with Crippen LogP contribution in [-0.4, -0.2) is 538 Å². The fourth-order valence-electron chi connectivity index (χ4n) is 17.5. The maximum Gasteiger partial charge on any atom is 1.00 e. The van der Waals surface area contributed by atoms with Crippen LogP contribution >= 0.6 is 0 Å². The normalized spacial score (nSPS) is 34.9. The molecule has 0 aliphatic carbocycles. The minimum absolute atomic E-state index is 0. The maximum atomic E-state index is 12.0. The number of methoxy groups -OCH3 is 14. The summed E-state index contributed by atoms with van der Waals surface area (Å²) in [6.07, 6.45) is -57.0. The van der Waals surface area contributed by atoms with Crippen molar-refractivity contribution in [2.75, 3.05) is 232 Å². The van der Waals surface area contributed by atoms with Crippen LogP contribution in [0, 0.1) is 0 Å². The SMILES string of the molecule is CO[C@@H]1[C@H]2O[C@@H]3O[C@@H](COCCCS(=O)(=O)[O-])[C@H](O[C@@H]4O[C@@H](COCCCS(=O)(=O)[O-])[C@H](O[C@@H]5O[C@@H](COCCCS(=O)(=O)[O-])[C@H](O[C@@H]6O[C@@H](COCCCS(=O)(=O)[O-])[C@H](O[C@@H]7O[C@@H](COCCCS(=O)(=O)[O-])[C@H](O[C@@H]8O[C@@H](COCCCS(=O)(=O)[O-])[C@H](O[C@H](O[C@H]2COCCCS(=O)(=O)[O-])[C@@H]1OC)[C@@H](OC)[C@@H]8OC)[C@@H](OC)[C@@H]7OC)[C@@H](OC)[C@@H]6OC)[C@@H](OC)[C@@H]5OC)[C@@H](OC)[C@@H]4OC)[C@@H](OC)[C@@H]3OC.[K+].[K+].[K+].[K+].[K+].[K+].[K+]. The van der Waals surface area contributed by atoms with Crippen LogP contribution in [0.1, 0.15) is 44.9 Å². The number of ether oxygens (including phenoxy) is 35. The van der Waals surface area contributed by atoms with Gasteiger partial charge in [0.05, 0.1) is 117 Å². The molecule has 0 aromatic heterocycles.